The van der Waals surface area contributed by atoms with Crippen LogP contribution in [0.3, 0.4) is 0 Å². The van der Waals surface area contributed by atoms with E-state index >= 15 is 0 Å². The third-order valence-electron chi connectivity index (χ3n) is 7.96. The zero-order valence-electron chi connectivity index (χ0n) is 21.3. The average Bonchev–Trinajstić information content (AvgIpc) is 3.58. The Hall–Kier alpha value is -4.66. The standard InChI is InChI=1S/C30H26N2O7/c1-35-24-8-16(9-25(36-2)29(24)33)26-18-10-22-23(39-14-38-22)11-19(18)28(20-13-37-30(34)27(20)26)32-17-7-15-5-3-4-6-21(15)31-12-17/h3-12,20,26-28,32-33H,13-14H2,1-2H3/t20?,26?,27-,28+/m0/s1. The summed E-state index contributed by atoms with van der Waals surface area (Å²) in [4.78, 5) is 18.0. The SMILES string of the molecule is COc1cc(C2c3cc4c(cc3[C@@H](Nc3cnc5ccccc5c3)C3COC(=O)[C@H]23)OCO4)cc(OC)c1O. The Bertz CT molecular complexity index is 1600. The highest BCUT2D eigenvalue weighted by Crippen LogP contribution is 2.56. The van der Waals surface area contributed by atoms with E-state index in [1.54, 1.807) is 12.1 Å². The first-order valence-electron chi connectivity index (χ1n) is 12.7. The molecule has 2 N–H and O–H groups in total. The van der Waals surface area contributed by atoms with Gasteiger partial charge in [0.1, 0.15) is 0 Å². The van der Waals surface area contributed by atoms with Crippen LogP contribution in [0.2, 0.25) is 0 Å². The first-order valence-corrected chi connectivity index (χ1v) is 12.7. The van der Waals surface area contributed by atoms with Crippen LogP contribution < -0.4 is 24.3 Å². The van der Waals surface area contributed by atoms with Crippen LogP contribution in [0.4, 0.5) is 5.69 Å². The summed E-state index contributed by atoms with van der Waals surface area (Å²) >= 11 is 0. The van der Waals surface area contributed by atoms with Crippen molar-refractivity contribution in [1.82, 2.24) is 4.98 Å². The topological polar surface area (TPSA) is 108 Å². The minimum absolute atomic E-state index is 0.0978. The fourth-order valence-electron chi connectivity index (χ4n) is 6.17. The molecule has 0 spiro atoms. The molecule has 1 saturated heterocycles. The Morgan fingerprint density at radius 2 is 1.67 bits per heavy atom. The van der Waals surface area contributed by atoms with Gasteiger partial charge in [-0.05, 0) is 53.1 Å². The van der Waals surface area contributed by atoms with E-state index in [9.17, 15) is 9.90 Å². The molecule has 3 aliphatic rings. The third kappa shape index (κ3) is 3.68. The number of hydrogen-bond acceptors (Lipinski definition) is 9. The molecule has 4 atom stereocenters. The summed E-state index contributed by atoms with van der Waals surface area (Å²) in [6, 6.07) is 17.2. The third-order valence-corrected chi connectivity index (χ3v) is 7.96. The number of pyridine rings is 1. The number of phenols is 1. The average molecular weight is 527 g/mol. The van der Waals surface area contributed by atoms with Gasteiger partial charge in [-0.25, -0.2) is 0 Å². The Morgan fingerprint density at radius 3 is 2.41 bits per heavy atom. The van der Waals surface area contributed by atoms with Crippen molar-refractivity contribution in [3.8, 4) is 28.7 Å². The Kier molecular flexibility index (Phi) is 5.40. The summed E-state index contributed by atoms with van der Waals surface area (Å²) in [7, 11) is 2.96. The number of methoxy groups -OCH3 is 2. The number of rotatable bonds is 5. The molecule has 0 saturated carbocycles. The van der Waals surface area contributed by atoms with Crippen LogP contribution in [0, 0.1) is 11.8 Å². The first kappa shape index (κ1) is 23.5. The van der Waals surface area contributed by atoms with E-state index in [4.69, 9.17) is 23.7 Å². The minimum atomic E-state index is -0.497. The molecule has 7 rings (SSSR count). The monoisotopic (exact) mass is 526 g/mol. The van der Waals surface area contributed by atoms with Crippen molar-refractivity contribution in [2.24, 2.45) is 11.8 Å². The number of ether oxygens (including phenoxy) is 5. The smallest absolute Gasteiger partial charge is 0.310 e. The number of cyclic esters (lactones) is 1. The molecular formula is C30H26N2O7. The van der Waals surface area contributed by atoms with Crippen molar-refractivity contribution < 1.29 is 33.6 Å². The molecule has 0 radical (unpaired) electrons. The molecule has 198 valence electrons. The number of carbonyl (C=O) groups excluding carboxylic acids is 1. The van der Waals surface area contributed by atoms with Crippen molar-refractivity contribution in [1.29, 1.82) is 0 Å². The first-order chi connectivity index (χ1) is 19.1. The minimum Gasteiger partial charge on any atom is -0.502 e. The zero-order valence-corrected chi connectivity index (χ0v) is 21.3. The molecule has 0 bridgehead atoms. The number of carbonyl (C=O) groups is 1. The van der Waals surface area contributed by atoms with Gasteiger partial charge in [0, 0.05) is 17.2 Å². The molecule has 2 unspecified atom stereocenters. The van der Waals surface area contributed by atoms with Crippen molar-refractivity contribution in [3.05, 3.63) is 77.5 Å². The van der Waals surface area contributed by atoms with E-state index in [-0.39, 0.29) is 48.6 Å². The molecule has 1 aliphatic carbocycles. The molecule has 9 nitrogen and oxygen atoms in total. The van der Waals surface area contributed by atoms with E-state index < -0.39 is 11.8 Å². The van der Waals surface area contributed by atoms with Crippen LogP contribution in [0.1, 0.15) is 28.7 Å². The molecule has 2 aliphatic heterocycles. The molecule has 1 aromatic heterocycles. The number of fused-ring (bicyclic) bond motifs is 4. The van der Waals surface area contributed by atoms with Gasteiger partial charge in [0.05, 0.1) is 50.2 Å². The number of esters is 1. The van der Waals surface area contributed by atoms with Crippen molar-refractivity contribution in [2.45, 2.75) is 12.0 Å². The number of nitrogens with one attached hydrogen (secondary N) is 1. The van der Waals surface area contributed by atoms with Gasteiger partial charge in [-0.3, -0.25) is 9.78 Å². The van der Waals surface area contributed by atoms with Crippen LogP contribution in [-0.2, 0) is 9.53 Å². The summed E-state index contributed by atoms with van der Waals surface area (Å²) in [5.41, 5.74) is 4.39. The van der Waals surface area contributed by atoms with Crippen molar-refractivity contribution in [2.75, 3.05) is 32.9 Å². The Morgan fingerprint density at radius 1 is 0.949 bits per heavy atom. The maximum absolute atomic E-state index is 13.4. The predicted molar refractivity (Wildman–Crippen MR) is 142 cm³/mol. The van der Waals surface area contributed by atoms with Gasteiger partial charge in [0.2, 0.25) is 12.5 Å². The largest absolute Gasteiger partial charge is 0.502 e. The van der Waals surface area contributed by atoms with Crippen LogP contribution in [-0.4, -0.2) is 43.7 Å². The van der Waals surface area contributed by atoms with Gasteiger partial charge in [0.25, 0.3) is 0 Å². The molecule has 9 heteroatoms. The van der Waals surface area contributed by atoms with E-state index in [0.717, 1.165) is 33.3 Å². The van der Waals surface area contributed by atoms with Gasteiger partial charge in [-0.1, -0.05) is 18.2 Å². The maximum Gasteiger partial charge on any atom is 0.310 e. The lowest BCUT2D eigenvalue weighted by Gasteiger charge is -2.40. The lowest BCUT2D eigenvalue weighted by atomic mass is 9.65. The van der Waals surface area contributed by atoms with Crippen molar-refractivity contribution >= 4 is 22.6 Å². The highest BCUT2D eigenvalue weighted by Gasteiger charge is 2.52. The van der Waals surface area contributed by atoms with Gasteiger partial charge in [0.15, 0.2) is 23.0 Å². The molecule has 3 aromatic carbocycles. The summed E-state index contributed by atoms with van der Waals surface area (Å²) in [5, 5.41) is 15.2. The normalized spacial score (nSPS) is 22.7. The second-order valence-electron chi connectivity index (χ2n) is 9.94. The van der Waals surface area contributed by atoms with E-state index in [2.05, 4.69) is 16.4 Å². The van der Waals surface area contributed by atoms with E-state index in [0.29, 0.717) is 11.5 Å². The zero-order chi connectivity index (χ0) is 26.7. The van der Waals surface area contributed by atoms with Gasteiger partial charge in [-0.2, -0.15) is 0 Å². The fraction of sp³-hybridized carbons (Fsp3) is 0.267. The Balaban J connectivity index is 1.40. The lowest BCUT2D eigenvalue weighted by Crippen LogP contribution is -2.37. The van der Waals surface area contributed by atoms with Gasteiger partial charge in [-0.15, -0.1) is 0 Å². The summed E-state index contributed by atoms with van der Waals surface area (Å²) in [6.07, 6.45) is 1.81. The summed E-state index contributed by atoms with van der Waals surface area (Å²) < 4.78 is 28.1. The van der Waals surface area contributed by atoms with Crippen LogP contribution in [0.5, 0.6) is 28.7 Å². The number of para-hydroxylation sites is 1. The quantitative estimate of drug-likeness (QED) is 0.355. The van der Waals surface area contributed by atoms with Crippen LogP contribution in [0.15, 0.2) is 60.8 Å². The highest BCUT2D eigenvalue weighted by atomic mass is 16.7. The highest BCUT2D eigenvalue weighted by molar-refractivity contribution is 5.82. The summed E-state index contributed by atoms with van der Waals surface area (Å²) in [5.74, 6) is 0.338. The number of anilines is 1. The molecule has 1 fully saturated rings. The second-order valence-corrected chi connectivity index (χ2v) is 9.94. The van der Waals surface area contributed by atoms with Gasteiger partial charge < -0.3 is 34.1 Å². The number of aromatic nitrogens is 1. The van der Waals surface area contributed by atoms with Crippen LogP contribution >= 0.6 is 0 Å². The number of phenolic OH excluding ortho intramolecular Hbond substituents is 1. The number of benzene rings is 3. The number of hydrogen-bond donors (Lipinski definition) is 2. The van der Waals surface area contributed by atoms with Gasteiger partial charge >= 0.3 is 5.97 Å². The van der Waals surface area contributed by atoms with Crippen LogP contribution in [0.25, 0.3) is 10.9 Å². The second kappa shape index (κ2) is 8.97. The van der Waals surface area contributed by atoms with Crippen molar-refractivity contribution in [3.63, 3.8) is 0 Å². The number of nitrogens with zero attached hydrogens (tertiary/aromatic N) is 1. The molecule has 3 heterocycles. The molecule has 4 aromatic rings. The predicted octanol–water partition coefficient (Wildman–Crippen LogP) is 4.77. The number of aromatic hydroxyl groups is 1. The summed E-state index contributed by atoms with van der Waals surface area (Å²) in [6.45, 7) is 0.393. The molecule has 0 amide bonds. The van der Waals surface area contributed by atoms with E-state index in [1.807, 2.05) is 42.6 Å². The Labute approximate surface area is 224 Å². The van der Waals surface area contributed by atoms with E-state index in [1.165, 1.54) is 14.2 Å². The lowest BCUT2D eigenvalue weighted by molar-refractivity contribution is -0.141. The maximum atomic E-state index is 13.4. The fourth-order valence-corrected chi connectivity index (χ4v) is 6.17. The molecule has 39 heavy (non-hydrogen) atoms. The molecular weight excluding hydrogens is 500 g/mol.